The Labute approximate surface area is 122 Å². The molecule has 0 spiro atoms. The minimum Gasteiger partial charge on any atom is -0.385 e. The normalized spacial score (nSPS) is 21.8. The molecule has 1 saturated carbocycles. The van der Waals surface area contributed by atoms with Gasteiger partial charge in [0.15, 0.2) is 0 Å². The summed E-state index contributed by atoms with van der Waals surface area (Å²) in [5, 5.41) is 6.37. The number of hydrogen-bond donors (Lipinski definition) is 2. The van der Waals surface area contributed by atoms with E-state index in [1.807, 2.05) is 25.1 Å². The Morgan fingerprint density at radius 2 is 2.15 bits per heavy atom. The van der Waals surface area contributed by atoms with Gasteiger partial charge in [0.25, 0.3) is 5.91 Å². The number of hydrogen-bond acceptors (Lipinski definition) is 2. The molecule has 1 amide bonds. The van der Waals surface area contributed by atoms with E-state index in [0.29, 0.717) is 5.92 Å². The van der Waals surface area contributed by atoms with Gasteiger partial charge in [-0.05, 0) is 62.3 Å². The van der Waals surface area contributed by atoms with E-state index in [-0.39, 0.29) is 5.91 Å². The molecule has 2 unspecified atom stereocenters. The van der Waals surface area contributed by atoms with E-state index in [1.165, 1.54) is 19.3 Å². The highest BCUT2D eigenvalue weighted by Crippen LogP contribution is 2.29. The SMILES string of the molecule is CCNc1ccc(C(=O)NCC2CCC(C)C2)cc1C. The predicted octanol–water partition coefficient (Wildman–Crippen LogP) is 3.59. The zero-order chi connectivity index (χ0) is 14.5. The Kier molecular flexibility index (Phi) is 5.05. The Morgan fingerprint density at radius 3 is 2.75 bits per heavy atom. The molecule has 3 heteroatoms. The lowest BCUT2D eigenvalue weighted by Crippen LogP contribution is -2.28. The fourth-order valence-electron chi connectivity index (χ4n) is 3.04. The van der Waals surface area contributed by atoms with E-state index in [1.54, 1.807) is 0 Å². The van der Waals surface area contributed by atoms with Crippen LogP contribution in [-0.2, 0) is 0 Å². The van der Waals surface area contributed by atoms with Crippen LogP contribution in [0.5, 0.6) is 0 Å². The molecular formula is C17H26N2O. The first-order valence-corrected chi connectivity index (χ1v) is 7.72. The molecule has 2 N–H and O–H groups in total. The molecule has 0 saturated heterocycles. The maximum Gasteiger partial charge on any atom is 0.251 e. The third-order valence-electron chi connectivity index (χ3n) is 4.21. The smallest absolute Gasteiger partial charge is 0.251 e. The van der Waals surface area contributed by atoms with Crippen molar-refractivity contribution in [3.8, 4) is 0 Å². The van der Waals surface area contributed by atoms with Gasteiger partial charge in [-0.3, -0.25) is 4.79 Å². The Hall–Kier alpha value is -1.51. The number of carbonyl (C=O) groups excluding carboxylic acids is 1. The summed E-state index contributed by atoms with van der Waals surface area (Å²) in [6.07, 6.45) is 3.80. The second kappa shape index (κ2) is 6.78. The van der Waals surface area contributed by atoms with E-state index < -0.39 is 0 Å². The maximum absolute atomic E-state index is 12.2. The summed E-state index contributed by atoms with van der Waals surface area (Å²) >= 11 is 0. The lowest BCUT2D eigenvalue weighted by Gasteiger charge is -2.13. The standard InChI is InChI=1S/C17H26N2O/c1-4-18-16-8-7-15(10-13(16)3)17(20)19-11-14-6-5-12(2)9-14/h7-8,10,12,14,18H,4-6,9,11H2,1-3H3,(H,19,20). The van der Waals surface area contributed by atoms with Gasteiger partial charge in [0.2, 0.25) is 0 Å². The fourth-order valence-corrected chi connectivity index (χ4v) is 3.04. The first kappa shape index (κ1) is 14.9. The molecule has 3 nitrogen and oxygen atoms in total. The molecule has 1 fully saturated rings. The molecule has 20 heavy (non-hydrogen) atoms. The fraction of sp³-hybridized carbons (Fsp3) is 0.588. The summed E-state index contributed by atoms with van der Waals surface area (Å²) in [5.74, 6) is 1.53. The van der Waals surface area contributed by atoms with Gasteiger partial charge >= 0.3 is 0 Å². The third-order valence-corrected chi connectivity index (χ3v) is 4.21. The average Bonchev–Trinajstić information content (AvgIpc) is 2.84. The Balaban J connectivity index is 1.90. The van der Waals surface area contributed by atoms with Crippen LogP contribution in [0, 0.1) is 18.8 Å². The first-order valence-electron chi connectivity index (χ1n) is 7.72. The molecule has 1 aliphatic rings. The van der Waals surface area contributed by atoms with Crippen LogP contribution in [0.4, 0.5) is 5.69 Å². The van der Waals surface area contributed by atoms with Crippen LogP contribution in [0.25, 0.3) is 0 Å². The molecule has 1 aromatic rings. The number of aryl methyl sites for hydroxylation is 1. The molecule has 1 aliphatic carbocycles. The summed E-state index contributed by atoms with van der Waals surface area (Å²) in [5.41, 5.74) is 2.98. The lowest BCUT2D eigenvalue weighted by atomic mass is 10.1. The highest BCUT2D eigenvalue weighted by molar-refractivity contribution is 5.94. The largest absolute Gasteiger partial charge is 0.385 e. The van der Waals surface area contributed by atoms with Gasteiger partial charge in [-0.1, -0.05) is 13.3 Å². The molecule has 0 radical (unpaired) electrons. The molecule has 2 rings (SSSR count). The zero-order valence-corrected chi connectivity index (χ0v) is 12.8. The van der Waals surface area contributed by atoms with Crippen molar-refractivity contribution in [3.63, 3.8) is 0 Å². The van der Waals surface area contributed by atoms with Gasteiger partial charge in [0, 0.05) is 24.3 Å². The molecule has 0 aliphatic heterocycles. The van der Waals surface area contributed by atoms with Crippen LogP contribution in [0.1, 0.15) is 49.0 Å². The van der Waals surface area contributed by atoms with Crippen LogP contribution < -0.4 is 10.6 Å². The molecule has 2 atom stereocenters. The molecule has 1 aromatic carbocycles. The summed E-state index contributed by atoms with van der Waals surface area (Å²) in [4.78, 5) is 12.2. The van der Waals surface area contributed by atoms with Crippen LogP contribution >= 0.6 is 0 Å². The average molecular weight is 274 g/mol. The highest BCUT2D eigenvalue weighted by Gasteiger charge is 2.21. The van der Waals surface area contributed by atoms with Gasteiger partial charge in [0.1, 0.15) is 0 Å². The maximum atomic E-state index is 12.2. The summed E-state index contributed by atoms with van der Waals surface area (Å²) < 4.78 is 0. The number of amides is 1. The first-order chi connectivity index (χ1) is 9.60. The van der Waals surface area contributed by atoms with E-state index in [0.717, 1.165) is 35.8 Å². The third kappa shape index (κ3) is 3.75. The summed E-state index contributed by atoms with van der Waals surface area (Å²) in [7, 11) is 0. The number of rotatable bonds is 5. The zero-order valence-electron chi connectivity index (χ0n) is 12.8. The van der Waals surface area contributed by atoms with Crippen molar-refractivity contribution in [2.24, 2.45) is 11.8 Å². The summed E-state index contributed by atoms with van der Waals surface area (Å²) in [6, 6.07) is 5.85. The van der Waals surface area contributed by atoms with Crippen molar-refractivity contribution in [3.05, 3.63) is 29.3 Å². The van der Waals surface area contributed by atoms with Crippen molar-refractivity contribution in [2.75, 3.05) is 18.4 Å². The number of anilines is 1. The summed E-state index contributed by atoms with van der Waals surface area (Å²) in [6.45, 7) is 8.12. The number of benzene rings is 1. The van der Waals surface area contributed by atoms with Crippen LogP contribution in [-0.4, -0.2) is 19.0 Å². The molecule has 0 aromatic heterocycles. The van der Waals surface area contributed by atoms with Crippen LogP contribution in [0.3, 0.4) is 0 Å². The van der Waals surface area contributed by atoms with Gasteiger partial charge in [-0.15, -0.1) is 0 Å². The van der Waals surface area contributed by atoms with Crippen LogP contribution in [0.2, 0.25) is 0 Å². The van der Waals surface area contributed by atoms with Gasteiger partial charge in [-0.2, -0.15) is 0 Å². The van der Waals surface area contributed by atoms with E-state index in [2.05, 4.69) is 24.5 Å². The minimum absolute atomic E-state index is 0.0516. The van der Waals surface area contributed by atoms with Crippen molar-refractivity contribution in [2.45, 2.75) is 40.0 Å². The van der Waals surface area contributed by atoms with Crippen molar-refractivity contribution in [1.82, 2.24) is 5.32 Å². The Morgan fingerprint density at radius 1 is 1.35 bits per heavy atom. The monoisotopic (exact) mass is 274 g/mol. The topological polar surface area (TPSA) is 41.1 Å². The second-order valence-electron chi connectivity index (χ2n) is 6.05. The lowest BCUT2D eigenvalue weighted by molar-refractivity contribution is 0.0947. The van der Waals surface area contributed by atoms with Gasteiger partial charge < -0.3 is 10.6 Å². The Bertz CT molecular complexity index is 470. The van der Waals surface area contributed by atoms with Gasteiger partial charge in [-0.25, -0.2) is 0 Å². The van der Waals surface area contributed by atoms with Crippen LogP contribution in [0.15, 0.2) is 18.2 Å². The van der Waals surface area contributed by atoms with Crippen molar-refractivity contribution < 1.29 is 4.79 Å². The predicted molar refractivity (Wildman–Crippen MR) is 84.2 cm³/mol. The molecule has 110 valence electrons. The number of carbonyl (C=O) groups is 1. The highest BCUT2D eigenvalue weighted by atomic mass is 16.1. The van der Waals surface area contributed by atoms with E-state index >= 15 is 0 Å². The van der Waals surface area contributed by atoms with E-state index in [9.17, 15) is 4.79 Å². The minimum atomic E-state index is 0.0516. The van der Waals surface area contributed by atoms with Crippen molar-refractivity contribution in [1.29, 1.82) is 0 Å². The molecule has 0 bridgehead atoms. The van der Waals surface area contributed by atoms with Gasteiger partial charge in [0.05, 0.1) is 0 Å². The molecular weight excluding hydrogens is 248 g/mol. The van der Waals surface area contributed by atoms with Crippen molar-refractivity contribution >= 4 is 11.6 Å². The molecule has 0 heterocycles. The number of nitrogens with one attached hydrogen (secondary N) is 2. The van der Waals surface area contributed by atoms with E-state index in [4.69, 9.17) is 0 Å². The second-order valence-corrected chi connectivity index (χ2v) is 6.05. The quantitative estimate of drug-likeness (QED) is 0.861.